The number of amidine groups is 2. The number of nitrogens with two attached hydrogens (primary N) is 2. The van der Waals surface area contributed by atoms with Crippen LogP contribution in [0, 0.1) is 10.8 Å². The summed E-state index contributed by atoms with van der Waals surface area (Å²) in [4.78, 5) is 6.74. The van der Waals surface area contributed by atoms with Crippen LogP contribution in [0.25, 0.3) is 29.9 Å². The quantitative estimate of drug-likeness (QED) is 0.261. The molecule has 0 unspecified atom stereocenters. The van der Waals surface area contributed by atoms with Gasteiger partial charge in [-0.05, 0) is 42.0 Å². The van der Waals surface area contributed by atoms with Gasteiger partial charge in [-0.3, -0.25) is 10.8 Å². The van der Waals surface area contributed by atoms with Crippen molar-refractivity contribution in [3.05, 3.63) is 71.1 Å². The standard InChI is InChI=1S/C20H16N4S3/c21-19(22)12-3-1-11(2-4-12)13-5-6-14(25-13)15-7-8-16(26-15)17-9-10-18(27-17)20(23)24/h1-10H,(H3,21,22)(H3,23,24). The summed E-state index contributed by atoms with van der Waals surface area (Å²) in [6.07, 6.45) is 0. The highest BCUT2D eigenvalue weighted by atomic mass is 32.1. The molecule has 0 fully saturated rings. The number of nitrogen functional groups attached to an aromatic ring is 2. The van der Waals surface area contributed by atoms with Crippen molar-refractivity contribution in [2.75, 3.05) is 0 Å². The minimum atomic E-state index is 0.0843. The Morgan fingerprint density at radius 2 is 1.04 bits per heavy atom. The predicted molar refractivity (Wildman–Crippen MR) is 118 cm³/mol. The third-order valence-corrected chi connectivity index (χ3v) is 7.78. The van der Waals surface area contributed by atoms with E-state index in [9.17, 15) is 0 Å². The Morgan fingerprint density at radius 1 is 0.556 bits per heavy atom. The highest BCUT2D eigenvalue weighted by Crippen LogP contribution is 2.41. The molecular weight excluding hydrogens is 392 g/mol. The minimum absolute atomic E-state index is 0.0843. The molecule has 1 aromatic carbocycles. The average Bonchev–Trinajstić information content (AvgIpc) is 3.40. The molecule has 4 nitrogen and oxygen atoms in total. The molecule has 0 saturated heterocycles. The first-order valence-electron chi connectivity index (χ1n) is 8.11. The molecule has 4 rings (SSSR count). The summed E-state index contributed by atoms with van der Waals surface area (Å²) < 4.78 is 0. The monoisotopic (exact) mass is 408 g/mol. The fraction of sp³-hybridized carbons (Fsp3) is 0. The van der Waals surface area contributed by atoms with Crippen molar-refractivity contribution in [2.24, 2.45) is 11.5 Å². The highest BCUT2D eigenvalue weighted by Gasteiger charge is 2.11. The van der Waals surface area contributed by atoms with Gasteiger partial charge in [-0.2, -0.15) is 0 Å². The van der Waals surface area contributed by atoms with Crippen molar-refractivity contribution < 1.29 is 0 Å². The Morgan fingerprint density at radius 3 is 1.56 bits per heavy atom. The second kappa shape index (κ2) is 7.11. The molecule has 3 aromatic heterocycles. The first kappa shape index (κ1) is 17.7. The van der Waals surface area contributed by atoms with E-state index in [1.54, 1.807) is 34.0 Å². The molecule has 0 aliphatic carbocycles. The summed E-state index contributed by atoms with van der Waals surface area (Å²) in [6.45, 7) is 0. The van der Waals surface area contributed by atoms with E-state index in [0.717, 1.165) is 20.9 Å². The van der Waals surface area contributed by atoms with Crippen molar-refractivity contribution >= 4 is 45.7 Å². The fourth-order valence-electron chi connectivity index (χ4n) is 2.66. The summed E-state index contributed by atoms with van der Waals surface area (Å²) >= 11 is 5.04. The Bertz CT molecular complexity index is 1130. The second-order valence-electron chi connectivity index (χ2n) is 5.90. The van der Waals surface area contributed by atoms with Gasteiger partial charge in [0.25, 0.3) is 0 Å². The molecule has 27 heavy (non-hydrogen) atoms. The molecule has 0 saturated carbocycles. The van der Waals surface area contributed by atoms with Gasteiger partial charge in [-0.1, -0.05) is 24.3 Å². The second-order valence-corrected chi connectivity index (χ2v) is 9.15. The van der Waals surface area contributed by atoms with Gasteiger partial charge in [-0.15, -0.1) is 34.0 Å². The lowest BCUT2D eigenvalue weighted by Gasteiger charge is -2.00. The van der Waals surface area contributed by atoms with Gasteiger partial charge in [0, 0.05) is 29.9 Å². The molecule has 0 atom stereocenters. The van der Waals surface area contributed by atoms with E-state index >= 15 is 0 Å². The van der Waals surface area contributed by atoms with E-state index in [1.165, 1.54) is 19.5 Å². The topological polar surface area (TPSA) is 99.7 Å². The summed E-state index contributed by atoms with van der Waals surface area (Å²) in [7, 11) is 0. The Labute approximate surface area is 168 Å². The van der Waals surface area contributed by atoms with Gasteiger partial charge in [-0.25, -0.2) is 0 Å². The van der Waals surface area contributed by atoms with E-state index in [2.05, 4.69) is 24.3 Å². The third-order valence-electron chi connectivity index (χ3n) is 4.05. The zero-order valence-corrected chi connectivity index (χ0v) is 16.6. The number of thiophene rings is 3. The summed E-state index contributed by atoms with van der Waals surface area (Å²) in [5, 5.41) is 15.0. The van der Waals surface area contributed by atoms with Crippen LogP contribution in [0.15, 0.2) is 60.7 Å². The largest absolute Gasteiger partial charge is 0.384 e. The van der Waals surface area contributed by atoms with Gasteiger partial charge in [0.05, 0.1) is 4.88 Å². The summed E-state index contributed by atoms with van der Waals surface area (Å²) in [6, 6.07) is 20.2. The van der Waals surface area contributed by atoms with Gasteiger partial charge in [0.2, 0.25) is 0 Å². The van der Waals surface area contributed by atoms with Gasteiger partial charge < -0.3 is 11.5 Å². The number of nitrogens with one attached hydrogen (secondary N) is 2. The van der Waals surface area contributed by atoms with Crippen LogP contribution in [0.2, 0.25) is 0 Å². The first-order valence-corrected chi connectivity index (χ1v) is 10.6. The molecule has 3 heterocycles. The lowest BCUT2D eigenvalue weighted by molar-refractivity contribution is 1.43. The first-order chi connectivity index (χ1) is 13.0. The van der Waals surface area contributed by atoms with Crippen LogP contribution in [0.1, 0.15) is 10.4 Å². The number of rotatable bonds is 5. The molecule has 0 bridgehead atoms. The van der Waals surface area contributed by atoms with E-state index in [-0.39, 0.29) is 11.7 Å². The van der Waals surface area contributed by atoms with Crippen LogP contribution in [0.3, 0.4) is 0 Å². The van der Waals surface area contributed by atoms with E-state index in [4.69, 9.17) is 22.3 Å². The molecule has 0 radical (unpaired) electrons. The minimum Gasteiger partial charge on any atom is -0.384 e. The number of benzene rings is 1. The molecule has 134 valence electrons. The van der Waals surface area contributed by atoms with E-state index < -0.39 is 0 Å². The van der Waals surface area contributed by atoms with Crippen molar-refractivity contribution in [1.82, 2.24) is 0 Å². The Hall–Kier alpha value is -2.74. The Kier molecular flexibility index (Phi) is 4.65. The van der Waals surface area contributed by atoms with Crippen LogP contribution in [-0.4, -0.2) is 11.7 Å². The van der Waals surface area contributed by atoms with Crippen molar-refractivity contribution in [2.45, 2.75) is 0 Å². The Balaban J connectivity index is 1.59. The molecule has 0 aliphatic rings. The van der Waals surface area contributed by atoms with Gasteiger partial charge in [0.15, 0.2) is 0 Å². The van der Waals surface area contributed by atoms with E-state index in [0.29, 0.717) is 0 Å². The zero-order chi connectivity index (χ0) is 19.0. The van der Waals surface area contributed by atoms with Crippen molar-refractivity contribution in [1.29, 1.82) is 10.8 Å². The molecular formula is C20H16N4S3. The summed E-state index contributed by atoms with van der Waals surface area (Å²) in [5.74, 6) is 0.197. The lowest BCUT2D eigenvalue weighted by atomic mass is 10.1. The van der Waals surface area contributed by atoms with Crippen LogP contribution in [0.5, 0.6) is 0 Å². The number of hydrogen-bond acceptors (Lipinski definition) is 5. The highest BCUT2D eigenvalue weighted by molar-refractivity contribution is 7.27. The smallest absolute Gasteiger partial charge is 0.133 e. The molecule has 4 aromatic rings. The van der Waals surface area contributed by atoms with Crippen LogP contribution >= 0.6 is 34.0 Å². The van der Waals surface area contributed by atoms with Crippen LogP contribution < -0.4 is 11.5 Å². The molecule has 0 spiro atoms. The molecule has 7 heteroatoms. The third kappa shape index (κ3) is 3.57. The maximum Gasteiger partial charge on any atom is 0.133 e. The number of hydrogen-bond donors (Lipinski definition) is 4. The maximum atomic E-state index is 7.55. The maximum absolute atomic E-state index is 7.55. The lowest BCUT2D eigenvalue weighted by Crippen LogP contribution is -2.10. The SMILES string of the molecule is N=C(N)c1ccc(-c2ccc(-c3ccc(-c4ccc(C(=N)N)s4)s3)s2)cc1. The normalized spacial score (nSPS) is 10.8. The summed E-state index contributed by atoms with van der Waals surface area (Å²) in [5.41, 5.74) is 12.9. The molecule has 0 amide bonds. The average molecular weight is 409 g/mol. The zero-order valence-electron chi connectivity index (χ0n) is 14.2. The molecule has 6 N–H and O–H groups in total. The van der Waals surface area contributed by atoms with Gasteiger partial charge >= 0.3 is 0 Å². The van der Waals surface area contributed by atoms with Crippen molar-refractivity contribution in [3.63, 3.8) is 0 Å². The predicted octanol–water partition coefficient (Wildman–Crippen LogP) is 5.44. The fourth-order valence-corrected chi connectivity index (χ4v) is 5.72. The van der Waals surface area contributed by atoms with Crippen molar-refractivity contribution in [3.8, 4) is 29.9 Å². The van der Waals surface area contributed by atoms with E-state index in [1.807, 2.05) is 36.4 Å². The van der Waals surface area contributed by atoms with Gasteiger partial charge in [0.1, 0.15) is 11.7 Å². The van der Waals surface area contributed by atoms with Crippen LogP contribution in [0.4, 0.5) is 0 Å². The molecule has 0 aliphatic heterocycles. The van der Waals surface area contributed by atoms with Crippen LogP contribution in [-0.2, 0) is 0 Å².